The molecule has 4 aliphatic carbocycles. The van der Waals surface area contributed by atoms with E-state index in [-0.39, 0.29) is 41.3 Å². The lowest BCUT2D eigenvalue weighted by Gasteiger charge is -2.58. The van der Waals surface area contributed by atoms with Crippen molar-refractivity contribution >= 4 is 5.78 Å². The second-order valence-electron chi connectivity index (χ2n) is 18.1. The van der Waals surface area contributed by atoms with Crippen LogP contribution in [0.15, 0.2) is 11.6 Å². The van der Waals surface area contributed by atoms with E-state index < -0.39 is 85.8 Å². The van der Waals surface area contributed by atoms with E-state index in [9.17, 15) is 40.5 Å². The third-order valence-electron chi connectivity index (χ3n) is 15.5. The predicted molar refractivity (Wildman–Crippen MR) is 183 cm³/mol. The smallest absolute Gasteiger partial charge is 0.187 e. The molecule has 300 valence electrons. The van der Waals surface area contributed by atoms with Gasteiger partial charge in [0, 0.05) is 30.1 Å². The van der Waals surface area contributed by atoms with Gasteiger partial charge in [0.25, 0.3) is 0 Å². The van der Waals surface area contributed by atoms with Gasteiger partial charge < -0.3 is 64.2 Å². The van der Waals surface area contributed by atoms with E-state index in [1.807, 2.05) is 0 Å². The molecule has 0 bridgehead atoms. The second-order valence-corrected chi connectivity index (χ2v) is 18.1. The van der Waals surface area contributed by atoms with Gasteiger partial charge in [0.05, 0.1) is 32.0 Å². The summed E-state index contributed by atoms with van der Waals surface area (Å²) in [5, 5.41) is 72.7. The molecule has 21 atom stereocenters. The van der Waals surface area contributed by atoms with E-state index in [4.69, 9.17) is 28.4 Å². The fraction of sp³-hybridized carbons (Fsp3) is 0.923. The number of aliphatic hydroxyl groups is 7. The Morgan fingerprint density at radius 3 is 2.23 bits per heavy atom. The van der Waals surface area contributed by atoms with Gasteiger partial charge in [-0.25, -0.2) is 0 Å². The summed E-state index contributed by atoms with van der Waals surface area (Å²) in [4.78, 5) is 14.5. The van der Waals surface area contributed by atoms with Crippen molar-refractivity contribution in [2.45, 2.75) is 158 Å². The quantitative estimate of drug-likeness (QED) is 0.185. The van der Waals surface area contributed by atoms with Gasteiger partial charge in [-0.2, -0.15) is 0 Å². The van der Waals surface area contributed by atoms with Crippen LogP contribution in [0.4, 0.5) is 0 Å². The summed E-state index contributed by atoms with van der Waals surface area (Å²) in [7, 11) is 0. The molecule has 3 saturated carbocycles. The molecular formula is C39H60O14. The minimum absolute atomic E-state index is 0.0284. The average Bonchev–Trinajstić information content (AvgIpc) is 3.59. The first-order valence-electron chi connectivity index (χ1n) is 19.9. The van der Waals surface area contributed by atoms with Crippen LogP contribution in [0.1, 0.15) is 79.1 Å². The molecular weight excluding hydrogens is 692 g/mol. The maximum Gasteiger partial charge on any atom is 0.187 e. The summed E-state index contributed by atoms with van der Waals surface area (Å²) in [6.45, 7) is 8.38. The number of carbonyl (C=O) groups is 1. The number of aliphatic hydroxyl groups excluding tert-OH is 7. The number of hydrogen-bond donors (Lipinski definition) is 7. The molecule has 0 aromatic heterocycles. The second kappa shape index (κ2) is 14.1. The van der Waals surface area contributed by atoms with Gasteiger partial charge in [-0.3, -0.25) is 4.79 Å². The topological polar surface area (TPSA) is 214 Å². The zero-order valence-electron chi connectivity index (χ0n) is 31.2. The van der Waals surface area contributed by atoms with Crippen molar-refractivity contribution in [3.8, 4) is 0 Å². The first-order chi connectivity index (χ1) is 25.2. The Labute approximate surface area is 310 Å². The normalized spacial score (nSPS) is 56.7. The molecule has 8 aliphatic rings. The van der Waals surface area contributed by atoms with Crippen LogP contribution in [0.3, 0.4) is 0 Å². The molecule has 53 heavy (non-hydrogen) atoms. The van der Waals surface area contributed by atoms with Crippen molar-refractivity contribution in [2.24, 2.45) is 46.3 Å². The summed E-state index contributed by atoms with van der Waals surface area (Å²) in [6.07, 6.45) is -6.67. The standard InChI is InChI=1S/C39H60O14/c1-17-7-10-39(48-16-17)18(2)28-24(53-39)12-23-21-6-5-19-11-20(8-9-37(19,3)22(21)13-27(42)38(23,28)4)49-35-33(47)31(45)34(26(15-41)51-35)52-36-32(46)30(44)29(43)25(14-40)50-36/h5,17-18,20-26,28-36,40-41,43-47H,6-16H2,1-4H3/t17-,18+,20+,21+,22+,23+,24+,25-,26-,28+,29-,30+,31-,32-,33-,34+,35-,36+,37+,38-,39-/m1/s1. The Morgan fingerprint density at radius 1 is 0.830 bits per heavy atom. The molecule has 0 unspecified atom stereocenters. The number of allylic oxidation sites excluding steroid dienone is 1. The average molecular weight is 753 g/mol. The summed E-state index contributed by atoms with van der Waals surface area (Å²) in [6, 6.07) is 0. The lowest BCUT2D eigenvalue weighted by atomic mass is 9.46. The van der Waals surface area contributed by atoms with Crippen LogP contribution in [0.25, 0.3) is 0 Å². The van der Waals surface area contributed by atoms with Gasteiger partial charge in [-0.05, 0) is 67.6 Å². The number of rotatable bonds is 6. The van der Waals surface area contributed by atoms with Crippen LogP contribution in [-0.2, 0) is 33.2 Å². The van der Waals surface area contributed by atoms with Gasteiger partial charge >= 0.3 is 0 Å². The van der Waals surface area contributed by atoms with Crippen LogP contribution in [0.2, 0.25) is 0 Å². The molecule has 4 heterocycles. The van der Waals surface area contributed by atoms with E-state index in [2.05, 4.69) is 33.8 Å². The molecule has 8 rings (SSSR count). The zero-order chi connectivity index (χ0) is 37.8. The van der Waals surface area contributed by atoms with E-state index in [0.29, 0.717) is 43.5 Å². The van der Waals surface area contributed by atoms with Gasteiger partial charge in [0.15, 0.2) is 18.4 Å². The van der Waals surface area contributed by atoms with Gasteiger partial charge in [-0.1, -0.05) is 39.3 Å². The number of carbonyl (C=O) groups excluding carboxylic acids is 1. The van der Waals surface area contributed by atoms with Crippen molar-refractivity contribution in [1.82, 2.24) is 0 Å². The van der Waals surface area contributed by atoms with Crippen LogP contribution >= 0.6 is 0 Å². The predicted octanol–water partition coefficient (Wildman–Crippen LogP) is 0.541. The highest BCUT2D eigenvalue weighted by atomic mass is 16.7. The number of fused-ring (bicyclic) bond motifs is 7. The largest absolute Gasteiger partial charge is 0.394 e. The molecule has 4 aliphatic heterocycles. The van der Waals surface area contributed by atoms with Gasteiger partial charge in [-0.15, -0.1) is 0 Å². The van der Waals surface area contributed by atoms with Crippen molar-refractivity contribution in [3.05, 3.63) is 11.6 Å². The van der Waals surface area contributed by atoms with Crippen molar-refractivity contribution in [3.63, 3.8) is 0 Å². The molecule has 0 radical (unpaired) electrons. The lowest BCUT2D eigenvalue weighted by molar-refractivity contribution is -0.363. The fourth-order valence-corrected chi connectivity index (χ4v) is 12.3. The lowest BCUT2D eigenvalue weighted by Crippen LogP contribution is -2.65. The van der Waals surface area contributed by atoms with Crippen LogP contribution in [-0.4, -0.2) is 141 Å². The van der Waals surface area contributed by atoms with Crippen LogP contribution < -0.4 is 0 Å². The Kier molecular flexibility index (Phi) is 10.3. The van der Waals surface area contributed by atoms with Crippen LogP contribution in [0, 0.1) is 46.3 Å². The third kappa shape index (κ3) is 5.96. The van der Waals surface area contributed by atoms with Crippen molar-refractivity contribution in [1.29, 1.82) is 0 Å². The fourth-order valence-electron chi connectivity index (χ4n) is 12.3. The number of hydrogen-bond acceptors (Lipinski definition) is 14. The molecule has 7 N–H and O–H groups in total. The zero-order valence-corrected chi connectivity index (χ0v) is 31.2. The van der Waals surface area contributed by atoms with Crippen molar-refractivity contribution in [2.75, 3.05) is 19.8 Å². The minimum atomic E-state index is -1.74. The molecule has 14 heteroatoms. The minimum Gasteiger partial charge on any atom is -0.394 e. The number of ether oxygens (including phenoxy) is 6. The maximum atomic E-state index is 14.5. The summed E-state index contributed by atoms with van der Waals surface area (Å²) >= 11 is 0. The first-order valence-corrected chi connectivity index (χ1v) is 19.9. The molecule has 7 fully saturated rings. The highest BCUT2D eigenvalue weighted by Crippen LogP contribution is 2.69. The monoisotopic (exact) mass is 752 g/mol. The molecule has 1 spiro atoms. The van der Waals surface area contributed by atoms with E-state index in [1.165, 1.54) is 5.57 Å². The summed E-state index contributed by atoms with van der Waals surface area (Å²) in [5.41, 5.74) is 0.620. The van der Waals surface area contributed by atoms with Gasteiger partial charge in [0.2, 0.25) is 0 Å². The molecule has 0 amide bonds. The van der Waals surface area contributed by atoms with Crippen LogP contribution in [0.5, 0.6) is 0 Å². The highest BCUT2D eigenvalue weighted by Gasteiger charge is 2.71. The SMILES string of the molecule is C[C@@H]1CC[C@@]2(OC1)O[C@H]1C[C@H]3[C@H]4CC=C5C[C@@H](O[C@@H]6O[C@H](CO)[C@H](O[C@@H]7O[C@H](CO)[C@@H](O)[C@H](O)[C@H]7O)[C@H](O)[C@H]6O)CC[C@]5(C)[C@H]4CC(=O)[C@]3(C)[C@H]1[C@@H]2C. The molecule has 0 aromatic carbocycles. The summed E-state index contributed by atoms with van der Waals surface area (Å²) < 4.78 is 36.6. The van der Waals surface area contributed by atoms with Crippen molar-refractivity contribution < 1.29 is 69.0 Å². The maximum absolute atomic E-state index is 14.5. The third-order valence-corrected chi connectivity index (χ3v) is 15.5. The molecule has 0 aromatic rings. The van der Waals surface area contributed by atoms with Gasteiger partial charge in [0.1, 0.15) is 54.6 Å². The Hall–Kier alpha value is -1.11. The summed E-state index contributed by atoms with van der Waals surface area (Å²) in [5.74, 6) is 1.44. The highest BCUT2D eigenvalue weighted by molar-refractivity contribution is 5.87. The van der Waals surface area contributed by atoms with E-state index in [1.54, 1.807) is 0 Å². The molecule has 4 saturated heterocycles. The number of Topliss-reactive ketones (excluding diaryl/α,β-unsaturated/α-hetero) is 1. The Balaban J connectivity index is 0.929. The Morgan fingerprint density at radius 2 is 1.53 bits per heavy atom. The Bertz CT molecular complexity index is 1400. The first kappa shape index (κ1) is 38.7. The van der Waals surface area contributed by atoms with E-state index in [0.717, 1.165) is 32.1 Å². The molecule has 14 nitrogen and oxygen atoms in total. The van der Waals surface area contributed by atoms with E-state index >= 15 is 0 Å². The number of ketones is 1.